The van der Waals surface area contributed by atoms with Gasteiger partial charge in [0, 0.05) is 22.5 Å². The smallest absolute Gasteiger partial charge is 0.0467 e. The molecule has 5 aliphatic carbocycles. The summed E-state index contributed by atoms with van der Waals surface area (Å²) in [6.07, 6.45) is 6.85. The minimum Gasteiger partial charge on any atom is -0.310 e. The number of benzene rings is 9. The van der Waals surface area contributed by atoms with E-state index in [1.807, 2.05) is 0 Å². The predicted molar refractivity (Wildman–Crippen MR) is 272 cm³/mol. The zero-order valence-corrected chi connectivity index (χ0v) is 36.7. The highest BCUT2D eigenvalue weighted by Crippen LogP contribution is 2.71. The lowest BCUT2D eigenvalue weighted by molar-refractivity contribution is -0.0397. The minimum atomic E-state index is 0.000987. The first-order valence-electron chi connectivity index (χ1n) is 23.8. The number of rotatable bonds is 8. The summed E-state index contributed by atoms with van der Waals surface area (Å²) >= 11 is 0. The molecule has 0 unspecified atom stereocenters. The molecule has 14 rings (SSSR count). The molecular formula is C64H51N. The first-order valence-corrected chi connectivity index (χ1v) is 23.8. The van der Waals surface area contributed by atoms with Crippen LogP contribution in [0.2, 0.25) is 0 Å². The summed E-state index contributed by atoms with van der Waals surface area (Å²) in [5, 5.41) is 0. The summed E-state index contributed by atoms with van der Waals surface area (Å²) in [5.74, 6) is 3.05. The highest BCUT2D eigenvalue weighted by atomic mass is 15.1. The molecule has 0 radical (unpaired) electrons. The van der Waals surface area contributed by atoms with Gasteiger partial charge in [-0.2, -0.15) is 0 Å². The Balaban J connectivity index is 0.918. The monoisotopic (exact) mass is 833 g/mol. The molecule has 1 spiro atoms. The van der Waals surface area contributed by atoms with E-state index in [1.165, 1.54) is 98.9 Å². The largest absolute Gasteiger partial charge is 0.310 e. The second-order valence-electron chi connectivity index (χ2n) is 19.3. The SMILES string of the molecule is c1ccc(-c2ccc(-c3cccc(N(c4ccccc4)c4ccc(-c5ccc6c(c5)C5(c7c(-c8ccccc8)ccc(-c8ccccc8)c7-6)C6CC7CC(C6)CC5C7)cc4)c3)cc2)cc1. The van der Waals surface area contributed by atoms with Gasteiger partial charge in [-0.05, 0) is 176 Å². The van der Waals surface area contributed by atoms with E-state index in [0.717, 1.165) is 28.9 Å². The van der Waals surface area contributed by atoms with E-state index in [2.05, 4.69) is 229 Å². The topological polar surface area (TPSA) is 3.24 Å². The van der Waals surface area contributed by atoms with Crippen molar-refractivity contribution in [2.45, 2.75) is 37.5 Å². The van der Waals surface area contributed by atoms with Crippen molar-refractivity contribution in [2.24, 2.45) is 23.7 Å². The third-order valence-corrected chi connectivity index (χ3v) is 15.9. The summed E-state index contributed by atoms with van der Waals surface area (Å²) in [7, 11) is 0. The number of fused-ring (bicyclic) bond motifs is 3. The Morgan fingerprint density at radius 2 is 0.723 bits per heavy atom. The van der Waals surface area contributed by atoms with Crippen LogP contribution in [0.4, 0.5) is 17.1 Å². The number of hydrogen-bond donors (Lipinski definition) is 0. The Morgan fingerprint density at radius 3 is 1.34 bits per heavy atom. The third kappa shape index (κ3) is 6.28. The summed E-state index contributed by atoms with van der Waals surface area (Å²) in [4.78, 5) is 2.39. The molecule has 0 heterocycles. The van der Waals surface area contributed by atoms with Gasteiger partial charge in [0.05, 0.1) is 0 Å². The van der Waals surface area contributed by atoms with Gasteiger partial charge in [0.1, 0.15) is 0 Å². The van der Waals surface area contributed by atoms with Crippen LogP contribution >= 0.6 is 0 Å². The molecule has 0 N–H and O–H groups in total. The Bertz CT molecular complexity index is 3140. The van der Waals surface area contributed by atoms with Crippen molar-refractivity contribution in [1.29, 1.82) is 0 Å². The molecule has 0 amide bonds. The Hall–Kier alpha value is -7.22. The molecule has 4 bridgehead atoms. The quantitative estimate of drug-likeness (QED) is 0.147. The van der Waals surface area contributed by atoms with Gasteiger partial charge in [-0.25, -0.2) is 0 Å². The minimum absolute atomic E-state index is 0.000987. The van der Waals surface area contributed by atoms with Gasteiger partial charge in [-0.3, -0.25) is 0 Å². The molecule has 0 aromatic heterocycles. The molecule has 5 aliphatic rings. The van der Waals surface area contributed by atoms with Gasteiger partial charge < -0.3 is 4.90 Å². The standard InChI is InChI=1S/C64H51N/c1-5-14-45(15-6-1)46-24-26-47(27-25-46)51-20-13-23-57(41-51)65(55-21-11-4-12-22-55)56-31-28-48(29-32-56)52-30-33-60-61(42-52)64(53-37-43-36-44(39-53)40-54(64)38-43)63-59(50-18-9-3-10-19-50)35-34-58(62(60)63)49-16-7-2-8-17-49/h1-35,41-44,53-54H,36-40H2. The lowest BCUT2D eigenvalue weighted by atomic mass is 9.42. The second-order valence-corrected chi connectivity index (χ2v) is 19.3. The van der Waals surface area contributed by atoms with Crippen LogP contribution in [0.5, 0.6) is 0 Å². The van der Waals surface area contributed by atoms with Crippen LogP contribution in [0.15, 0.2) is 224 Å². The maximum absolute atomic E-state index is 2.65. The van der Waals surface area contributed by atoms with Crippen LogP contribution in [0.3, 0.4) is 0 Å². The Morgan fingerprint density at radius 1 is 0.308 bits per heavy atom. The van der Waals surface area contributed by atoms with Crippen LogP contribution in [0.1, 0.15) is 43.2 Å². The van der Waals surface area contributed by atoms with Crippen molar-refractivity contribution in [2.75, 3.05) is 4.90 Å². The molecule has 1 nitrogen and oxygen atoms in total. The van der Waals surface area contributed by atoms with Crippen molar-refractivity contribution in [3.8, 4) is 66.8 Å². The Labute approximate surface area is 383 Å². The van der Waals surface area contributed by atoms with Crippen molar-refractivity contribution in [3.05, 3.63) is 236 Å². The summed E-state index contributed by atoms with van der Waals surface area (Å²) < 4.78 is 0. The summed E-state index contributed by atoms with van der Waals surface area (Å²) in [6.45, 7) is 0. The lowest BCUT2D eigenvalue weighted by Gasteiger charge is -2.61. The normalized spacial score (nSPS) is 21.0. The average molecular weight is 834 g/mol. The second kappa shape index (κ2) is 15.5. The molecule has 0 atom stereocenters. The van der Waals surface area contributed by atoms with Crippen molar-refractivity contribution >= 4 is 17.1 Å². The first kappa shape index (κ1) is 38.3. The maximum Gasteiger partial charge on any atom is 0.0467 e. The van der Waals surface area contributed by atoms with Gasteiger partial charge in [-0.1, -0.05) is 182 Å². The molecule has 4 fully saturated rings. The molecule has 9 aromatic carbocycles. The van der Waals surface area contributed by atoms with E-state index in [4.69, 9.17) is 0 Å². The van der Waals surface area contributed by atoms with Crippen LogP contribution in [0.25, 0.3) is 66.8 Å². The fourth-order valence-electron chi connectivity index (χ4n) is 13.4. The molecule has 9 aromatic rings. The van der Waals surface area contributed by atoms with Gasteiger partial charge >= 0.3 is 0 Å². The average Bonchev–Trinajstić information content (AvgIpc) is 3.67. The fraction of sp³-hybridized carbons (Fsp3) is 0.156. The van der Waals surface area contributed by atoms with E-state index in [9.17, 15) is 0 Å². The molecule has 312 valence electrons. The fourth-order valence-corrected chi connectivity index (χ4v) is 13.4. The van der Waals surface area contributed by atoms with Crippen LogP contribution in [-0.4, -0.2) is 0 Å². The zero-order valence-electron chi connectivity index (χ0n) is 36.7. The van der Waals surface area contributed by atoms with Gasteiger partial charge in [0.2, 0.25) is 0 Å². The highest BCUT2D eigenvalue weighted by molar-refractivity contribution is 5.99. The van der Waals surface area contributed by atoms with Crippen molar-refractivity contribution in [3.63, 3.8) is 0 Å². The molecule has 0 saturated heterocycles. The van der Waals surface area contributed by atoms with Gasteiger partial charge in [0.15, 0.2) is 0 Å². The maximum atomic E-state index is 2.65. The number of hydrogen-bond acceptors (Lipinski definition) is 1. The molecule has 4 saturated carbocycles. The van der Waals surface area contributed by atoms with Crippen molar-refractivity contribution in [1.82, 2.24) is 0 Å². The summed E-state index contributed by atoms with van der Waals surface area (Å²) in [6, 6.07) is 83.7. The van der Waals surface area contributed by atoms with E-state index >= 15 is 0 Å². The van der Waals surface area contributed by atoms with Gasteiger partial charge in [-0.15, -0.1) is 0 Å². The first-order chi connectivity index (χ1) is 32.2. The number of para-hydroxylation sites is 1. The van der Waals surface area contributed by atoms with Gasteiger partial charge in [0.25, 0.3) is 0 Å². The Kier molecular flexibility index (Phi) is 9.12. The summed E-state index contributed by atoms with van der Waals surface area (Å²) in [5.41, 5.74) is 22.5. The molecule has 1 heteroatoms. The van der Waals surface area contributed by atoms with E-state index in [1.54, 1.807) is 11.1 Å². The molecule has 0 aliphatic heterocycles. The number of anilines is 3. The third-order valence-electron chi connectivity index (χ3n) is 15.9. The van der Waals surface area contributed by atoms with E-state index in [-0.39, 0.29) is 5.41 Å². The zero-order chi connectivity index (χ0) is 42.9. The molecular weight excluding hydrogens is 783 g/mol. The van der Waals surface area contributed by atoms with Crippen LogP contribution in [0, 0.1) is 23.7 Å². The van der Waals surface area contributed by atoms with Crippen LogP contribution < -0.4 is 4.90 Å². The molecule has 65 heavy (non-hydrogen) atoms. The number of nitrogens with zero attached hydrogens (tertiary/aromatic N) is 1. The van der Waals surface area contributed by atoms with E-state index < -0.39 is 0 Å². The highest BCUT2D eigenvalue weighted by Gasteiger charge is 2.62. The van der Waals surface area contributed by atoms with E-state index in [0.29, 0.717) is 11.8 Å². The lowest BCUT2D eigenvalue weighted by Crippen LogP contribution is -2.55. The predicted octanol–water partition coefficient (Wildman–Crippen LogP) is 17.2. The van der Waals surface area contributed by atoms with Crippen LogP contribution in [-0.2, 0) is 5.41 Å². The van der Waals surface area contributed by atoms with Crippen molar-refractivity contribution < 1.29 is 0 Å².